The molecule has 8 atom stereocenters. The van der Waals surface area contributed by atoms with Crippen LogP contribution in [0.1, 0.15) is 74.0 Å². The first-order valence-electron chi connectivity index (χ1n) is 16.4. The number of fused-ring (bicyclic) bond motifs is 2. The number of hydrogen-bond acceptors (Lipinski definition) is 6. The second kappa shape index (κ2) is 9.56. The van der Waals surface area contributed by atoms with Crippen molar-refractivity contribution < 1.29 is 24.2 Å². The molecule has 1 aromatic heterocycles. The number of carbonyl (C=O) groups is 2. The van der Waals surface area contributed by atoms with E-state index in [9.17, 15) is 14.7 Å². The van der Waals surface area contributed by atoms with Crippen LogP contribution in [0.25, 0.3) is 0 Å². The lowest BCUT2D eigenvalue weighted by Crippen LogP contribution is -2.67. The Morgan fingerprint density at radius 1 is 1.05 bits per heavy atom. The van der Waals surface area contributed by atoms with Gasteiger partial charge in [0.25, 0.3) is 0 Å². The molecule has 2 aromatic rings. The summed E-state index contributed by atoms with van der Waals surface area (Å²) < 4.78 is 11.9. The second-order valence-electron chi connectivity index (χ2n) is 14.9. The Kier molecular flexibility index (Phi) is 6.20. The summed E-state index contributed by atoms with van der Waals surface area (Å²) in [6.07, 6.45) is 13.5. The molecule has 3 saturated carbocycles. The van der Waals surface area contributed by atoms with Crippen LogP contribution in [-0.4, -0.2) is 53.8 Å². The van der Waals surface area contributed by atoms with Gasteiger partial charge in [-0.25, -0.2) is 4.79 Å². The first kappa shape index (κ1) is 28.6. The van der Waals surface area contributed by atoms with E-state index in [0.717, 1.165) is 56.3 Å². The fraction of sp³-hybridized carbons (Fsp3) is 0.568. The quantitative estimate of drug-likeness (QED) is 0.275. The average molecular weight is 614 g/mol. The van der Waals surface area contributed by atoms with Crippen LogP contribution in [-0.2, 0) is 11.2 Å². The van der Waals surface area contributed by atoms with Gasteiger partial charge in [0, 0.05) is 38.8 Å². The number of hydrogen-bond donors (Lipinski definition) is 1. The molecule has 2 heterocycles. The number of Topliss-reactive ketones (excluding diaryl/α,β-unsaturated/α-hetero) is 1. The van der Waals surface area contributed by atoms with Crippen LogP contribution in [0.4, 0.5) is 4.79 Å². The SMILES string of the molecule is COc1ccc(C(=O)C2=C[C@@]34C=C[C@@]25[C@@H]2CC[C@@]6(CN(CCc7cccs7)C(=O)O6)[C@@]2(C)CC[C@@H]5[C@@]3(C)CC[C@H](O)C4)cc1. The highest BCUT2D eigenvalue weighted by atomic mass is 32.1. The monoisotopic (exact) mass is 613 g/mol. The summed E-state index contributed by atoms with van der Waals surface area (Å²) in [5, 5.41) is 13.0. The van der Waals surface area contributed by atoms with E-state index in [2.05, 4.69) is 49.6 Å². The van der Waals surface area contributed by atoms with E-state index in [4.69, 9.17) is 9.47 Å². The lowest BCUT2D eigenvalue weighted by Gasteiger charge is -2.71. The van der Waals surface area contributed by atoms with Crippen molar-refractivity contribution in [1.82, 2.24) is 4.90 Å². The third-order valence-electron chi connectivity index (χ3n) is 13.5. The van der Waals surface area contributed by atoms with E-state index in [1.165, 1.54) is 4.88 Å². The highest BCUT2D eigenvalue weighted by molar-refractivity contribution is 7.09. The molecule has 3 spiro atoms. The highest BCUT2D eigenvalue weighted by Crippen LogP contribution is 2.79. The van der Waals surface area contributed by atoms with Gasteiger partial charge in [-0.2, -0.15) is 0 Å². The van der Waals surface area contributed by atoms with E-state index < -0.39 is 11.0 Å². The van der Waals surface area contributed by atoms with Gasteiger partial charge in [0.1, 0.15) is 11.4 Å². The fourth-order valence-electron chi connectivity index (χ4n) is 11.2. The molecular formula is C37H43NO5S. The number of nitrogens with zero attached hydrogens (tertiary/aromatic N) is 1. The summed E-state index contributed by atoms with van der Waals surface area (Å²) in [5.74, 6) is 1.27. The zero-order valence-corrected chi connectivity index (χ0v) is 26.8. The molecule has 9 rings (SSSR count). The predicted octanol–water partition coefficient (Wildman–Crippen LogP) is 7.23. The number of aliphatic hydroxyl groups excluding tert-OH is 1. The Balaban J connectivity index is 1.20. The molecule has 2 bridgehead atoms. The standard InChI is InChI=1S/C37H43NO5S/c1-33-14-10-25(39)21-35(33)17-18-37(28(22-35)31(40)24-6-8-26(42-3)9-7-24)29(33)11-15-34(2)30(37)12-16-36(34)23-38(32(41)43-36)19-13-27-5-4-20-44-27/h4-9,17-18,20,22,25,29-30,39H,10-16,19,21,23H2,1-3H3/t25-,29+,30+,33+,34-,35-,36+,37+/m0/s1. The van der Waals surface area contributed by atoms with Crippen LogP contribution in [0.15, 0.2) is 65.6 Å². The van der Waals surface area contributed by atoms with E-state index in [1.54, 1.807) is 18.4 Å². The molecule has 7 heteroatoms. The number of thiophene rings is 1. The maximum absolute atomic E-state index is 14.7. The van der Waals surface area contributed by atoms with Gasteiger partial charge < -0.3 is 19.5 Å². The first-order chi connectivity index (χ1) is 21.1. The van der Waals surface area contributed by atoms with Crippen LogP contribution in [0.3, 0.4) is 0 Å². The third-order valence-corrected chi connectivity index (χ3v) is 14.4. The Labute approximate surface area is 264 Å². The van der Waals surface area contributed by atoms with Crippen LogP contribution < -0.4 is 4.74 Å². The average Bonchev–Trinajstić information content (AvgIpc) is 3.73. The Hall–Kier alpha value is -2.90. The topological polar surface area (TPSA) is 76.1 Å². The van der Waals surface area contributed by atoms with Gasteiger partial charge in [-0.1, -0.05) is 38.1 Å². The molecule has 1 aliphatic heterocycles. The Morgan fingerprint density at radius 3 is 2.55 bits per heavy atom. The minimum Gasteiger partial charge on any atom is -0.497 e. The Morgan fingerprint density at radius 2 is 1.80 bits per heavy atom. The van der Waals surface area contributed by atoms with Crippen molar-refractivity contribution in [2.45, 2.75) is 76.9 Å². The molecule has 0 radical (unpaired) electrons. The molecule has 44 heavy (non-hydrogen) atoms. The summed E-state index contributed by atoms with van der Waals surface area (Å²) in [5.41, 5.74) is -0.0634. The van der Waals surface area contributed by atoms with Gasteiger partial charge in [-0.3, -0.25) is 4.79 Å². The molecule has 6 aliphatic carbocycles. The highest BCUT2D eigenvalue weighted by Gasteiger charge is 2.76. The molecule has 7 aliphatic rings. The molecule has 4 fully saturated rings. The van der Waals surface area contributed by atoms with E-state index >= 15 is 0 Å². The summed E-state index contributed by atoms with van der Waals surface area (Å²) >= 11 is 1.73. The normalized spacial score (nSPS) is 41.6. The second-order valence-corrected chi connectivity index (χ2v) is 16.0. The van der Waals surface area contributed by atoms with Crippen LogP contribution in [0, 0.1) is 33.5 Å². The van der Waals surface area contributed by atoms with Crippen molar-refractivity contribution in [3.05, 3.63) is 76.0 Å². The van der Waals surface area contributed by atoms with Crippen LogP contribution in [0.5, 0.6) is 5.75 Å². The van der Waals surface area contributed by atoms with Crippen molar-refractivity contribution in [2.75, 3.05) is 20.2 Å². The minimum atomic E-state index is -0.554. The van der Waals surface area contributed by atoms with Crippen molar-refractivity contribution in [2.24, 2.45) is 33.5 Å². The summed E-state index contributed by atoms with van der Waals surface area (Å²) in [6, 6.07) is 11.7. The summed E-state index contributed by atoms with van der Waals surface area (Å²) in [7, 11) is 1.64. The summed E-state index contributed by atoms with van der Waals surface area (Å²) in [6.45, 7) is 6.08. The van der Waals surface area contributed by atoms with Crippen LogP contribution >= 0.6 is 11.3 Å². The number of allylic oxidation sites excluding steroid dienone is 4. The molecule has 1 saturated heterocycles. The summed E-state index contributed by atoms with van der Waals surface area (Å²) in [4.78, 5) is 31.3. The molecule has 0 unspecified atom stereocenters. The van der Waals surface area contributed by atoms with Gasteiger partial charge in [0.15, 0.2) is 5.78 Å². The Bertz CT molecular complexity index is 1560. The number of benzene rings is 1. The lowest BCUT2D eigenvalue weighted by atomic mass is 9.32. The maximum Gasteiger partial charge on any atom is 0.410 e. The van der Waals surface area contributed by atoms with Crippen molar-refractivity contribution >= 4 is 23.2 Å². The number of aliphatic hydroxyl groups is 1. The third kappa shape index (κ3) is 3.57. The maximum atomic E-state index is 14.7. The number of methoxy groups -OCH3 is 1. The van der Waals surface area contributed by atoms with Gasteiger partial charge >= 0.3 is 6.09 Å². The number of ketones is 1. The van der Waals surface area contributed by atoms with Gasteiger partial charge in [0.05, 0.1) is 19.8 Å². The molecule has 1 N–H and O–H groups in total. The van der Waals surface area contributed by atoms with E-state index in [1.807, 2.05) is 29.2 Å². The number of amides is 1. The molecule has 1 aromatic carbocycles. The van der Waals surface area contributed by atoms with E-state index in [-0.39, 0.29) is 46.1 Å². The van der Waals surface area contributed by atoms with Gasteiger partial charge in [-0.05, 0) is 104 Å². The zero-order valence-electron chi connectivity index (χ0n) is 26.0. The minimum absolute atomic E-state index is 0.0408. The fourth-order valence-corrected chi connectivity index (χ4v) is 11.9. The molecule has 1 amide bonds. The van der Waals surface area contributed by atoms with E-state index in [0.29, 0.717) is 25.1 Å². The predicted molar refractivity (Wildman–Crippen MR) is 170 cm³/mol. The smallest absolute Gasteiger partial charge is 0.410 e. The molecule has 6 nitrogen and oxygen atoms in total. The number of carbonyl (C=O) groups excluding carboxylic acids is 2. The zero-order chi connectivity index (χ0) is 30.5. The van der Waals surface area contributed by atoms with Crippen molar-refractivity contribution in [1.29, 1.82) is 0 Å². The number of ether oxygens (including phenoxy) is 2. The van der Waals surface area contributed by atoms with Crippen LogP contribution in [0.2, 0.25) is 0 Å². The van der Waals surface area contributed by atoms with Gasteiger partial charge in [-0.15, -0.1) is 11.3 Å². The number of rotatable bonds is 6. The molecule has 232 valence electrons. The van der Waals surface area contributed by atoms with Gasteiger partial charge in [0.2, 0.25) is 0 Å². The lowest BCUT2D eigenvalue weighted by molar-refractivity contribution is -0.164. The van der Waals surface area contributed by atoms with Crippen molar-refractivity contribution in [3.63, 3.8) is 0 Å². The van der Waals surface area contributed by atoms with Crippen molar-refractivity contribution in [3.8, 4) is 5.75 Å². The molecular weight excluding hydrogens is 570 g/mol. The first-order valence-corrected chi connectivity index (χ1v) is 17.3. The largest absolute Gasteiger partial charge is 0.497 e.